The van der Waals surface area contributed by atoms with Gasteiger partial charge in [-0.05, 0) is 31.8 Å². The number of rotatable bonds is 0. The van der Waals surface area contributed by atoms with Gasteiger partial charge in [0.1, 0.15) is 0 Å². The van der Waals surface area contributed by atoms with Crippen LogP contribution in [0.15, 0.2) is 66.8 Å². The molecule has 0 amide bonds. The van der Waals surface area contributed by atoms with Gasteiger partial charge in [0, 0.05) is 0 Å². The van der Waals surface area contributed by atoms with E-state index >= 15 is 0 Å². The van der Waals surface area contributed by atoms with E-state index in [1.54, 1.807) is 0 Å². The molecule has 0 aromatic carbocycles. The lowest BCUT2D eigenvalue weighted by molar-refractivity contribution is 0.553. The van der Waals surface area contributed by atoms with E-state index in [1.807, 2.05) is 6.08 Å². The highest BCUT2D eigenvalue weighted by Crippen LogP contribution is 2.12. The number of hydrogen-bond acceptors (Lipinski definition) is 0. The SMILES string of the molecule is [C]1=C/C=C\C=C\C=C\C=C\C=C\CCCCCCCCCCCC/1. The Morgan fingerprint density at radius 2 is 0.875 bits per heavy atom. The van der Waals surface area contributed by atoms with E-state index in [1.165, 1.54) is 70.6 Å². The van der Waals surface area contributed by atoms with Gasteiger partial charge < -0.3 is 0 Å². The molecule has 0 aromatic rings. The average molecular weight is 324 g/mol. The van der Waals surface area contributed by atoms with E-state index in [2.05, 4.69) is 66.8 Å². The molecule has 0 fully saturated rings. The first kappa shape index (κ1) is 20.5. The van der Waals surface area contributed by atoms with Crippen molar-refractivity contribution in [3.05, 3.63) is 72.9 Å². The summed E-state index contributed by atoms with van der Waals surface area (Å²) < 4.78 is 0. The van der Waals surface area contributed by atoms with Gasteiger partial charge in [-0.15, -0.1) is 0 Å². The predicted octanol–water partition coefficient (Wildman–Crippen LogP) is 7.82. The summed E-state index contributed by atoms with van der Waals surface area (Å²) in [4.78, 5) is 0. The molecule has 0 saturated carbocycles. The monoisotopic (exact) mass is 323 g/mol. The van der Waals surface area contributed by atoms with Crippen molar-refractivity contribution in [3.63, 3.8) is 0 Å². The van der Waals surface area contributed by atoms with Crippen molar-refractivity contribution in [2.24, 2.45) is 0 Å². The Kier molecular flexibility index (Phi) is 15.2. The summed E-state index contributed by atoms with van der Waals surface area (Å²) in [7, 11) is 0. The number of hydrogen-bond donors (Lipinski definition) is 0. The normalized spacial score (nSPS) is 28.0. The van der Waals surface area contributed by atoms with Crippen molar-refractivity contribution in [1.29, 1.82) is 0 Å². The summed E-state index contributed by atoms with van der Waals surface area (Å²) in [6.07, 6.45) is 42.5. The van der Waals surface area contributed by atoms with Crippen LogP contribution in [-0.4, -0.2) is 0 Å². The fourth-order valence-electron chi connectivity index (χ4n) is 2.73. The van der Waals surface area contributed by atoms with E-state index in [9.17, 15) is 0 Å². The minimum Gasteiger partial charge on any atom is -0.0845 e. The molecule has 0 atom stereocenters. The third kappa shape index (κ3) is 15.3. The second-order valence-electron chi connectivity index (χ2n) is 6.41. The van der Waals surface area contributed by atoms with Crippen LogP contribution in [0, 0.1) is 6.08 Å². The van der Waals surface area contributed by atoms with Gasteiger partial charge in [-0.3, -0.25) is 0 Å². The highest BCUT2D eigenvalue weighted by Gasteiger charge is 1.92. The Hall–Kier alpha value is -1.56. The lowest BCUT2D eigenvalue weighted by Crippen LogP contribution is -1.82. The van der Waals surface area contributed by atoms with Crippen LogP contribution in [0.3, 0.4) is 0 Å². The molecule has 1 aliphatic carbocycles. The molecule has 0 nitrogen and oxygen atoms in total. The van der Waals surface area contributed by atoms with Crippen molar-refractivity contribution >= 4 is 0 Å². The standard InChI is InChI=1S/C24H35/c1-2-4-6-8-10-12-14-16-18-20-22-24-23-21-19-17-15-13-11-9-7-5-3-1/h1-11H,12,14-24H2/b2-1+,5-3+,6-4+,9-7-,10-8+,13-11?. The lowest BCUT2D eigenvalue weighted by Gasteiger charge is -2.01. The molecule has 24 heavy (non-hydrogen) atoms. The maximum atomic E-state index is 3.35. The van der Waals surface area contributed by atoms with E-state index in [0.29, 0.717) is 0 Å². The van der Waals surface area contributed by atoms with Gasteiger partial charge >= 0.3 is 0 Å². The molecule has 0 heteroatoms. The van der Waals surface area contributed by atoms with Crippen molar-refractivity contribution in [1.82, 2.24) is 0 Å². The fraction of sp³-hybridized carbons (Fsp3) is 0.500. The van der Waals surface area contributed by atoms with E-state index in [4.69, 9.17) is 0 Å². The third-order valence-corrected chi connectivity index (χ3v) is 4.18. The zero-order chi connectivity index (χ0) is 17.0. The zero-order valence-electron chi connectivity index (χ0n) is 15.3. The summed E-state index contributed by atoms with van der Waals surface area (Å²) in [5.41, 5.74) is 0. The topological polar surface area (TPSA) is 0 Å². The maximum Gasteiger partial charge on any atom is -0.0276 e. The third-order valence-electron chi connectivity index (χ3n) is 4.18. The van der Waals surface area contributed by atoms with Crippen LogP contribution in [0.5, 0.6) is 0 Å². The Labute approximate surface area is 150 Å². The second-order valence-corrected chi connectivity index (χ2v) is 6.41. The lowest BCUT2D eigenvalue weighted by atomic mass is 10.0. The second kappa shape index (κ2) is 17.8. The molecule has 0 saturated heterocycles. The molecular weight excluding hydrogens is 288 g/mol. The van der Waals surface area contributed by atoms with Crippen molar-refractivity contribution in [3.8, 4) is 0 Å². The van der Waals surface area contributed by atoms with Gasteiger partial charge in [0.2, 0.25) is 0 Å². The van der Waals surface area contributed by atoms with Gasteiger partial charge in [0.15, 0.2) is 0 Å². The van der Waals surface area contributed by atoms with Gasteiger partial charge in [0.25, 0.3) is 0 Å². The van der Waals surface area contributed by atoms with E-state index in [-0.39, 0.29) is 0 Å². The van der Waals surface area contributed by atoms with Crippen LogP contribution >= 0.6 is 0 Å². The Balaban J connectivity index is 2.31. The summed E-state index contributed by atoms with van der Waals surface area (Å²) in [6, 6.07) is 0. The molecule has 0 spiro atoms. The van der Waals surface area contributed by atoms with Gasteiger partial charge in [-0.25, -0.2) is 0 Å². The quantitative estimate of drug-likeness (QED) is 0.426. The maximum absolute atomic E-state index is 3.35. The fourth-order valence-corrected chi connectivity index (χ4v) is 2.73. The Bertz CT molecular complexity index is 387. The first-order valence-electron chi connectivity index (χ1n) is 9.88. The van der Waals surface area contributed by atoms with Crippen molar-refractivity contribution in [2.75, 3.05) is 0 Å². The minimum absolute atomic E-state index is 1.09. The average Bonchev–Trinajstić information content (AvgIpc) is 2.59. The first-order chi connectivity index (χ1) is 12.0. The molecule has 1 rings (SSSR count). The van der Waals surface area contributed by atoms with Crippen LogP contribution in [0.25, 0.3) is 0 Å². The summed E-state index contributed by atoms with van der Waals surface area (Å²) in [6.45, 7) is 0. The van der Waals surface area contributed by atoms with Crippen LogP contribution in [0.4, 0.5) is 0 Å². The van der Waals surface area contributed by atoms with E-state index in [0.717, 1.165) is 6.42 Å². The van der Waals surface area contributed by atoms with Crippen LogP contribution in [0.2, 0.25) is 0 Å². The molecule has 0 heterocycles. The molecule has 0 N–H and O–H groups in total. The highest BCUT2D eigenvalue weighted by atomic mass is 14.0. The molecule has 1 aliphatic rings. The molecule has 0 aliphatic heterocycles. The Morgan fingerprint density at radius 1 is 0.417 bits per heavy atom. The first-order valence-corrected chi connectivity index (χ1v) is 9.88. The van der Waals surface area contributed by atoms with Gasteiger partial charge in [-0.2, -0.15) is 0 Å². The van der Waals surface area contributed by atoms with Crippen LogP contribution < -0.4 is 0 Å². The molecule has 0 aromatic heterocycles. The molecule has 1 radical (unpaired) electrons. The highest BCUT2D eigenvalue weighted by molar-refractivity contribution is 5.19. The van der Waals surface area contributed by atoms with Gasteiger partial charge in [-0.1, -0.05) is 118 Å². The zero-order valence-corrected chi connectivity index (χ0v) is 15.3. The summed E-state index contributed by atoms with van der Waals surface area (Å²) in [5, 5.41) is 0. The number of allylic oxidation sites excluding steroid dienone is 12. The predicted molar refractivity (Wildman–Crippen MR) is 109 cm³/mol. The van der Waals surface area contributed by atoms with Crippen LogP contribution in [-0.2, 0) is 0 Å². The van der Waals surface area contributed by atoms with Crippen LogP contribution in [0.1, 0.15) is 77.0 Å². The summed E-state index contributed by atoms with van der Waals surface area (Å²) in [5.74, 6) is 0. The molecule has 0 bridgehead atoms. The largest absolute Gasteiger partial charge is 0.0845 e. The van der Waals surface area contributed by atoms with E-state index < -0.39 is 0 Å². The van der Waals surface area contributed by atoms with Crippen molar-refractivity contribution in [2.45, 2.75) is 77.0 Å². The minimum atomic E-state index is 1.09. The van der Waals surface area contributed by atoms with Crippen molar-refractivity contribution < 1.29 is 0 Å². The molecule has 131 valence electrons. The molecular formula is C24H35. The Morgan fingerprint density at radius 3 is 1.50 bits per heavy atom. The van der Waals surface area contributed by atoms with Gasteiger partial charge in [0.05, 0.1) is 0 Å². The molecule has 0 unspecified atom stereocenters. The smallest absolute Gasteiger partial charge is 0.0276 e. The summed E-state index contributed by atoms with van der Waals surface area (Å²) >= 11 is 0.